The smallest absolute Gasteiger partial charge is 0.0119 e. The van der Waals surface area contributed by atoms with Crippen molar-refractivity contribution in [1.29, 1.82) is 0 Å². The van der Waals surface area contributed by atoms with Gasteiger partial charge in [-0.3, -0.25) is 0 Å². The molecule has 0 atom stereocenters. The molecule has 0 nitrogen and oxygen atoms in total. The van der Waals surface area contributed by atoms with Gasteiger partial charge in [0, 0.05) is 0 Å². The summed E-state index contributed by atoms with van der Waals surface area (Å²) in [4.78, 5) is 0. The normalized spacial score (nSPS) is 56.2. The highest BCUT2D eigenvalue weighted by Crippen LogP contribution is 2.59. The molecule has 8 bridgehead atoms. The summed E-state index contributed by atoms with van der Waals surface area (Å²) < 4.78 is 0. The summed E-state index contributed by atoms with van der Waals surface area (Å²) in [6.45, 7) is 0. The average molecular weight is 280 g/mol. The molecule has 0 aromatic rings. The fraction of sp³-hybridized carbons (Fsp3) is 0.857. The largest absolute Gasteiger partial charge is 0.121 e. The predicted octanol–water partition coefficient (Wildman–Crippen LogP) is 5.35. The summed E-state index contributed by atoms with van der Waals surface area (Å²) in [6.07, 6.45) is 15.4. The second-order valence-corrected chi connectivity index (χ2v) is 9.64. The van der Waals surface area contributed by atoms with Crippen molar-refractivity contribution in [2.75, 3.05) is 0 Å². The third kappa shape index (κ3) is 1.69. The maximum absolute atomic E-state index is 4.18. The Balaban J connectivity index is 1.43. The fourth-order valence-electron chi connectivity index (χ4n) is 7.96. The van der Waals surface area contributed by atoms with Crippen LogP contribution in [0.1, 0.15) is 64.2 Å². The Bertz CT molecular complexity index is 438. The first-order valence-corrected chi connectivity index (χ1v) is 9.82. The third-order valence-corrected chi connectivity index (χ3v) is 8.32. The van der Waals surface area contributed by atoms with Crippen LogP contribution in [0.15, 0.2) is 16.9 Å². The molecule has 0 aromatic carbocycles. The molecule has 8 saturated carbocycles. The summed E-state index contributed by atoms with van der Waals surface area (Å²) in [5, 5.41) is 0. The molecule has 0 aromatic heterocycles. The summed E-state index contributed by atoms with van der Waals surface area (Å²) in [5.74, 6) is 8.25. The summed E-state index contributed by atoms with van der Waals surface area (Å²) in [7, 11) is 0. The lowest BCUT2D eigenvalue weighted by molar-refractivity contribution is 0.0641. The average Bonchev–Trinajstić information content (AvgIpc) is 2.43. The minimum Gasteiger partial charge on any atom is -0.121 e. The summed E-state index contributed by atoms with van der Waals surface area (Å²) in [5.41, 5.74) is 7.85. The van der Waals surface area contributed by atoms with Gasteiger partial charge in [-0.1, -0.05) is 0 Å². The molecule has 0 unspecified atom stereocenters. The molecule has 8 fully saturated rings. The second kappa shape index (κ2) is 4.08. The molecule has 0 saturated heterocycles. The number of hydrogen-bond acceptors (Lipinski definition) is 0. The van der Waals surface area contributed by atoms with Crippen LogP contribution in [0.2, 0.25) is 0 Å². The first kappa shape index (κ1) is 12.0. The van der Waals surface area contributed by atoms with Crippen LogP contribution >= 0.6 is 0 Å². The summed E-state index contributed by atoms with van der Waals surface area (Å²) >= 11 is 0. The molecule has 0 spiro atoms. The van der Waals surface area contributed by atoms with Crippen LogP contribution in [-0.2, 0) is 0 Å². The van der Waals surface area contributed by atoms with Crippen LogP contribution in [0, 0.1) is 47.3 Å². The van der Waals surface area contributed by atoms with Gasteiger partial charge in [-0.15, -0.1) is 5.73 Å². The monoisotopic (exact) mass is 280 g/mol. The van der Waals surface area contributed by atoms with Gasteiger partial charge in [0.05, 0.1) is 0 Å². The highest BCUT2D eigenvalue weighted by Gasteiger charge is 2.47. The minimum atomic E-state index is 0.964. The molecule has 8 aliphatic rings. The Hall–Kier alpha value is -0.480. The van der Waals surface area contributed by atoms with Crippen LogP contribution in [-0.4, -0.2) is 0 Å². The van der Waals surface area contributed by atoms with Gasteiger partial charge in [0.2, 0.25) is 0 Å². The molecular formula is C21H28. The maximum atomic E-state index is 4.18. The molecule has 0 N–H and O–H groups in total. The lowest BCUT2D eigenvalue weighted by Gasteiger charge is -2.52. The van der Waals surface area contributed by atoms with Crippen LogP contribution in [0.25, 0.3) is 0 Å². The standard InChI is InChI=1S/C21H28/c1-12-3-16-5-13(1)6-17(4-12)20(16)11-21-18-7-14-2-15(9-18)10-19(21)8-14/h12-19H,1-10H2. The van der Waals surface area contributed by atoms with Crippen molar-refractivity contribution < 1.29 is 0 Å². The highest BCUT2D eigenvalue weighted by molar-refractivity contribution is 5.27. The second-order valence-electron chi connectivity index (χ2n) is 9.64. The zero-order chi connectivity index (χ0) is 13.6. The summed E-state index contributed by atoms with van der Waals surface area (Å²) in [6, 6.07) is 0. The van der Waals surface area contributed by atoms with Crippen LogP contribution in [0.5, 0.6) is 0 Å². The van der Waals surface area contributed by atoms with Gasteiger partial charge in [0.1, 0.15) is 0 Å². The maximum Gasteiger partial charge on any atom is -0.0119 e. The number of rotatable bonds is 0. The zero-order valence-electron chi connectivity index (χ0n) is 13.2. The van der Waals surface area contributed by atoms with Gasteiger partial charge < -0.3 is 0 Å². The molecule has 0 heterocycles. The molecule has 8 aliphatic carbocycles. The van der Waals surface area contributed by atoms with Crippen molar-refractivity contribution >= 4 is 0 Å². The van der Waals surface area contributed by atoms with Gasteiger partial charge in [-0.25, -0.2) is 0 Å². The van der Waals surface area contributed by atoms with Crippen molar-refractivity contribution in [2.45, 2.75) is 64.2 Å². The molecule has 0 amide bonds. The molecule has 8 rings (SSSR count). The van der Waals surface area contributed by atoms with Crippen molar-refractivity contribution in [2.24, 2.45) is 47.3 Å². The van der Waals surface area contributed by atoms with Crippen molar-refractivity contribution in [3.8, 4) is 0 Å². The first-order valence-electron chi connectivity index (χ1n) is 9.82. The molecule has 0 heteroatoms. The Morgan fingerprint density at radius 2 is 0.714 bits per heavy atom. The Morgan fingerprint density at radius 3 is 1.00 bits per heavy atom. The highest BCUT2D eigenvalue weighted by atomic mass is 14.5. The van der Waals surface area contributed by atoms with E-state index in [0.29, 0.717) is 0 Å². The van der Waals surface area contributed by atoms with Gasteiger partial charge in [-0.05, 0) is 123 Å². The van der Waals surface area contributed by atoms with E-state index in [1.54, 1.807) is 12.8 Å². The predicted molar refractivity (Wildman–Crippen MR) is 84.6 cm³/mol. The van der Waals surface area contributed by atoms with Gasteiger partial charge in [-0.2, -0.15) is 0 Å². The molecule has 21 heavy (non-hydrogen) atoms. The molecule has 0 radical (unpaired) electrons. The molecule has 112 valence electrons. The minimum absolute atomic E-state index is 0.964. The molecular weight excluding hydrogens is 252 g/mol. The van der Waals surface area contributed by atoms with Gasteiger partial charge in [0.15, 0.2) is 0 Å². The lowest BCUT2D eigenvalue weighted by Crippen LogP contribution is -2.41. The SMILES string of the molecule is C(=C1C2CC3CC(C2)CC1C3)=C1C2CC3CC(C2)CC1C3. The van der Waals surface area contributed by atoms with E-state index < -0.39 is 0 Å². The van der Waals surface area contributed by atoms with Crippen molar-refractivity contribution in [1.82, 2.24) is 0 Å². The number of allylic oxidation sites excluding steroid dienone is 1. The van der Waals surface area contributed by atoms with E-state index in [4.69, 9.17) is 0 Å². The fourth-order valence-corrected chi connectivity index (χ4v) is 7.96. The van der Waals surface area contributed by atoms with E-state index in [9.17, 15) is 0 Å². The van der Waals surface area contributed by atoms with E-state index in [-0.39, 0.29) is 0 Å². The first-order chi connectivity index (χ1) is 10.3. The van der Waals surface area contributed by atoms with E-state index in [0.717, 1.165) is 47.3 Å². The van der Waals surface area contributed by atoms with Crippen LogP contribution in [0.4, 0.5) is 0 Å². The zero-order valence-corrected chi connectivity index (χ0v) is 13.2. The van der Waals surface area contributed by atoms with Crippen LogP contribution < -0.4 is 0 Å². The van der Waals surface area contributed by atoms with E-state index in [1.165, 1.54) is 51.4 Å². The Labute approximate surface area is 129 Å². The number of hydrogen-bond donors (Lipinski definition) is 0. The van der Waals surface area contributed by atoms with E-state index in [1.807, 2.05) is 11.1 Å². The van der Waals surface area contributed by atoms with Crippen molar-refractivity contribution in [3.63, 3.8) is 0 Å². The van der Waals surface area contributed by atoms with Crippen molar-refractivity contribution in [3.05, 3.63) is 16.9 Å². The quantitative estimate of drug-likeness (QED) is 0.525. The molecule has 0 aliphatic heterocycles. The van der Waals surface area contributed by atoms with E-state index >= 15 is 0 Å². The topological polar surface area (TPSA) is 0 Å². The lowest BCUT2D eigenvalue weighted by atomic mass is 9.52. The Morgan fingerprint density at radius 1 is 0.429 bits per heavy atom. The third-order valence-electron chi connectivity index (χ3n) is 8.32. The van der Waals surface area contributed by atoms with Gasteiger partial charge >= 0.3 is 0 Å². The Kier molecular flexibility index (Phi) is 2.33. The van der Waals surface area contributed by atoms with Gasteiger partial charge in [0.25, 0.3) is 0 Å². The van der Waals surface area contributed by atoms with E-state index in [2.05, 4.69) is 5.73 Å². The van der Waals surface area contributed by atoms with Crippen LogP contribution in [0.3, 0.4) is 0 Å².